The molecule has 0 unspecified atom stereocenters. The van der Waals surface area contributed by atoms with Crippen LogP contribution in [0.25, 0.3) is 10.9 Å². The molecule has 1 aromatic heterocycles. The summed E-state index contributed by atoms with van der Waals surface area (Å²) in [6.07, 6.45) is 5.79. The summed E-state index contributed by atoms with van der Waals surface area (Å²) in [5, 5.41) is 4.15. The van der Waals surface area contributed by atoms with Crippen molar-refractivity contribution in [1.29, 1.82) is 0 Å². The zero-order valence-electron chi connectivity index (χ0n) is 21.7. The average Bonchev–Trinajstić information content (AvgIpc) is 2.91. The van der Waals surface area contributed by atoms with Crippen molar-refractivity contribution in [1.82, 2.24) is 14.8 Å². The summed E-state index contributed by atoms with van der Waals surface area (Å²) >= 11 is 0. The SMILES string of the molecule is COc1ccc(C2CCN(C(=O)Nc3ccc4nc(CN5[C@H](C)CCC[C@@H]5C)ccc4c3)CC2)cc1. The Kier molecular flexibility index (Phi) is 7.42. The number of hydrogen-bond donors (Lipinski definition) is 1. The number of pyridine rings is 1. The first-order valence-electron chi connectivity index (χ1n) is 13.4. The molecule has 6 heteroatoms. The van der Waals surface area contributed by atoms with E-state index >= 15 is 0 Å². The number of hydrogen-bond acceptors (Lipinski definition) is 4. The first-order chi connectivity index (χ1) is 17.5. The molecule has 2 aliphatic rings. The van der Waals surface area contributed by atoms with Gasteiger partial charge in [-0.2, -0.15) is 0 Å². The minimum absolute atomic E-state index is 0.0276. The van der Waals surface area contributed by atoms with Gasteiger partial charge in [0.05, 0.1) is 18.3 Å². The van der Waals surface area contributed by atoms with Crippen LogP contribution in [0, 0.1) is 0 Å². The standard InChI is InChI=1S/C30H38N4O2/c1-21-5-4-6-22(2)34(21)20-27-10-7-25-19-26(11-14-29(25)31-27)32-30(35)33-17-15-24(16-18-33)23-8-12-28(36-3)13-9-23/h7-14,19,21-22,24H,4-6,15-18,20H2,1-3H3,(H,32,35)/t21-,22+. The molecule has 3 heterocycles. The van der Waals surface area contributed by atoms with Crippen LogP contribution >= 0.6 is 0 Å². The van der Waals surface area contributed by atoms with Gasteiger partial charge < -0.3 is 15.0 Å². The number of amides is 2. The van der Waals surface area contributed by atoms with E-state index in [-0.39, 0.29) is 6.03 Å². The number of urea groups is 1. The first-order valence-corrected chi connectivity index (χ1v) is 13.4. The minimum Gasteiger partial charge on any atom is -0.497 e. The van der Waals surface area contributed by atoms with E-state index in [2.05, 4.69) is 48.3 Å². The van der Waals surface area contributed by atoms with Crippen LogP contribution in [0.3, 0.4) is 0 Å². The number of methoxy groups -OCH3 is 1. The molecule has 0 spiro atoms. The number of rotatable bonds is 5. The lowest BCUT2D eigenvalue weighted by Crippen LogP contribution is -2.43. The molecule has 2 aliphatic heterocycles. The number of nitrogens with zero attached hydrogens (tertiary/aromatic N) is 3. The maximum atomic E-state index is 12.9. The molecule has 5 rings (SSSR count). The van der Waals surface area contributed by atoms with Crippen LogP contribution in [0.15, 0.2) is 54.6 Å². The molecule has 6 nitrogen and oxygen atoms in total. The van der Waals surface area contributed by atoms with Crippen molar-refractivity contribution in [2.45, 2.75) is 70.5 Å². The van der Waals surface area contributed by atoms with Gasteiger partial charge in [0.2, 0.25) is 0 Å². The smallest absolute Gasteiger partial charge is 0.321 e. The van der Waals surface area contributed by atoms with E-state index < -0.39 is 0 Å². The molecule has 0 aliphatic carbocycles. The summed E-state index contributed by atoms with van der Waals surface area (Å²) in [7, 11) is 1.69. The van der Waals surface area contributed by atoms with Crippen LogP contribution in [0.1, 0.15) is 63.1 Å². The van der Waals surface area contributed by atoms with Gasteiger partial charge in [-0.25, -0.2) is 4.79 Å². The molecular weight excluding hydrogens is 448 g/mol. The predicted octanol–water partition coefficient (Wildman–Crippen LogP) is 6.42. The van der Waals surface area contributed by atoms with Crippen molar-refractivity contribution < 1.29 is 9.53 Å². The van der Waals surface area contributed by atoms with Gasteiger partial charge in [-0.05, 0) is 87.4 Å². The molecule has 0 radical (unpaired) electrons. The molecule has 3 aromatic rings. The highest BCUT2D eigenvalue weighted by molar-refractivity contribution is 5.92. The highest BCUT2D eigenvalue weighted by Gasteiger charge is 2.25. The number of carbonyl (C=O) groups is 1. The van der Waals surface area contributed by atoms with Crippen LogP contribution < -0.4 is 10.1 Å². The van der Waals surface area contributed by atoms with Crippen molar-refractivity contribution in [3.63, 3.8) is 0 Å². The highest BCUT2D eigenvalue weighted by Crippen LogP contribution is 2.30. The highest BCUT2D eigenvalue weighted by atomic mass is 16.5. The fourth-order valence-corrected chi connectivity index (χ4v) is 5.80. The Balaban J connectivity index is 1.18. The number of fused-ring (bicyclic) bond motifs is 1. The zero-order valence-corrected chi connectivity index (χ0v) is 21.7. The number of piperidine rings is 2. The molecule has 0 bridgehead atoms. The third-order valence-electron chi connectivity index (χ3n) is 8.09. The first kappa shape index (κ1) is 24.6. The van der Waals surface area contributed by atoms with Gasteiger partial charge in [-0.3, -0.25) is 9.88 Å². The monoisotopic (exact) mass is 486 g/mol. The number of benzene rings is 2. The van der Waals surface area contributed by atoms with Crippen molar-refractivity contribution in [2.75, 3.05) is 25.5 Å². The van der Waals surface area contributed by atoms with Crippen LogP contribution in [-0.2, 0) is 6.54 Å². The molecule has 36 heavy (non-hydrogen) atoms. The fraction of sp³-hybridized carbons (Fsp3) is 0.467. The van der Waals surface area contributed by atoms with Gasteiger partial charge in [0.15, 0.2) is 0 Å². The molecule has 1 N–H and O–H groups in total. The molecule has 2 aromatic carbocycles. The Morgan fingerprint density at radius 2 is 1.69 bits per heavy atom. The van der Waals surface area contributed by atoms with E-state index in [1.807, 2.05) is 35.2 Å². The maximum Gasteiger partial charge on any atom is 0.321 e. The van der Waals surface area contributed by atoms with Gasteiger partial charge in [-0.15, -0.1) is 0 Å². The van der Waals surface area contributed by atoms with E-state index in [4.69, 9.17) is 9.72 Å². The van der Waals surface area contributed by atoms with E-state index in [1.54, 1.807) is 7.11 Å². The second kappa shape index (κ2) is 10.9. The number of ether oxygens (including phenoxy) is 1. The van der Waals surface area contributed by atoms with Crippen molar-refractivity contribution >= 4 is 22.6 Å². The third kappa shape index (κ3) is 5.49. The third-order valence-corrected chi connectivity index (χ3v) is 8.09. The molecule has 2 saturated heterocycles. The van der Waals surface area contributed by atoms with Crippen LogP contribution in [0.5, 0.6) is 5.75 Å². The predicted molar refractivity (Wildman–Crippen MR) is 146 cm³/mol. The second-order valence-electron chi connectivity index (χ2n) is 10.5. The summed E-state index contributed by atoms with van der Waals surface area (Å²) < 4.78 is 5.27. The van der Waals surface area contributed by atoms with Crippen molar-refractivity contribution in [3.8, 4) is 5.75 Å². The Morgan fingerprint density at radius 3 is 2.39 bits per heavy atom. The van der Waals surface area contributed by atoms with E-state index in [0.717, 1.165) is 60.5 Å². The molecule has 190 valence electrons. The van der Waals surface area contributed by atoms with Gasteiger partial charge in [0.1, 0.15) is 5.75 Å². The largest absolute Gasteiger partial charge is 0.497 e. The summed E-state index contributed by atoms with van der Waals surface area (Å²) in [5.74, 6) is 1.36. The van der Waals surface area contributed by atoms with Crippen molar-refractivity contribution in [3.05, 3.63) is 65.9 Å². The topological polar surface area (TPSA) is 57.7 Å². The molecule has 2 atom stereocenters. The summed E-state index contributed by atoms with van der Waals surface area (Å²) in [6.45, 7) is 7.06. The number of likely N-dealkylation sites (tertiary alicyclic amines) is 2. The number of aromatic nitrogens is 1. The quantitative estimate of drug-likeness (QED) is 0.452. The van der Waals surface area contributed by atoms with Crippen LogP contribution in [-0.4, -0.2) is 53.1 Å². The molecule has 0 saturated carbocycles. The molecular formula is C30H38N4O2. The van der Waals surface area contributed by atoms with Crippen LogP contribution in [0.4, 0.5) is 10.5 Å². The minimum atomic E-state index is -0.0276. The Morgan fingerprint density at radius 1 is 0.972 bits per heavy atom. The fourth-order valence-electron chi connectivity index (χ4n) is 5.80. The number of nitrogens with one attached hydrogen (secondary N) is 1. The van der Waals surface area contributed by atoms with E-state index in [9.17, 15) is 4.79 Å². The Labute approximate surface area is 214 Å². The Bertz CT molecular complexity index is 1180. The van der Waals surface area contributed by atoms with Gasteiger partial charge in [-0.1, -0.05) is 24.6 Å². The second-order valence-corrected chi connectivity index (χ2v) is 10.5. The van der Waals surface area contributed by atoms with E-state index in [0.29, 0.717) is 18.0 Å². The van der Waals surface area contributed by atoms with Gasteiger partial charge in [0.25, 0.3) is 0 Å². The molecule has 2 fully saturated rings. The molecule has 2 amide bonds. The maximum absolute atomic E-state index is 12.9. The Hall–Kier alpha value is -3.12. The summed E-state index contributed by atoms with van der Waals surface area (Å²) in [5.41, 5.74) is 4.22. The lowest BCUT2D eigenvalue weighted by atomic mass is 9.89. The summed E-state index contributed by atoms with van der Waals surface area (Å²) in [6, 6.07) is 19.8. The zero-order chi connectivity index (χ0) is 25.1. The van der Waals surface area contributed by atoms with Gasteiger partial charge in [0, 0.05) is 42.8 Å². The summed E-state index contributed by atoms with van der Waals surface area (Å²) in [4.78, 5) is 22.4. The normalized spacial score (nSPS) is 21.5. The number of anilines is 1. The van der Waals surface area contributed by atoms with Crippen LogP contribution in [0.2, 0.25) is 0 Å². The average molecular weight is 487 g/mol. The lowest BCUT2D eigenvalue weighted by Gasteiger charge is -2.38. The van der Waals surface area contributed by atoms with E-state index in [1.165, 1.54) is 24.8 Å². The number of carbonyl (C=O) groups excluding carboxylic acids is 1. The van der Waals surface area contributed by atoms with Crippen molar-refractivity contribution in [2.24, 2.45) is 0 Å². The van der Waals surface area contributed by atoms with Gasteiger partial charge >= 0.3 is 6.03 Å². The lowest BCUT2D eigenvalue weighted by molar-refractivity contribution is 0.0939.